The molecule has 0 bridgehead atoms. The third-order valence-electron chi connectivity index (χ3n) is 3.44. The van der Waals surface area contributed by atoms with Gasteiger partial charge in [-0.15, -0.1) is 0 Å². The van der Waals surface area contributed by atoms with Crippen LogP contribution in [-0.4, -0.2) is 19.1 Å². The number of anilines is 4. The molecule has 108 valence electrons. The van der Waals surface area contributed by atoms with E-state index in [1.54, 1.807) is 6.07 Å². The number of hydrogen-bond donors (Lipinski definition) is 2. The van der Waals surface area contributed by atoms with Crippen LogP contribution in [0.4, 0.5) is 22.7 Å². The van der Waals surface area contributed by atoms with E-state index < -0.39 is 0 Å². The van der Waals surface area contributed by atoms with Crippen LogP contribution < -0.4 is 20.7 Å². The third-order valence-corrected chi connectivity index (χ3v) is 3.44. The Morgan fingerprint density at radius 1 is 1.29 bits per heavy atom. The Bertz CT molecular complexity index is 671. The first-order valence-corrected chi connectivity index (χ1v) is 6.88. The Labute approximate surface area is 123 Å². The second kappa shape index (κ2) is 5.36. The summed E-state index contributed by atoms with van der Waals surface area (Å²) in [5, 5.41) is 2.81. The fourth-order valence-corrected chi connectivity index (χ4v) is 2.46. The van der Waals surface area contributed by atoms with E-state index in [0.29, 0.717) is 17.1 Å². The Morgan fingerprint density at radius 2 is 2.05 bits per heavy atom. The topological polar surface area (TPSA) is 67.6 Å². The lowest BCUT2D eigenvalue weighted by Crippen LogP contribution is -2.26. The van der Waals surface area contributed by atoms with Gasteiger partial charge in [-0.3, -0.25) is 4.79 Å². The largest absolute Gasteiger partial charge is 0.482 e. The highest BCUT2D eigenvalue weighted by Crippen LogP contribution is 2.39. The molecule has 0 spiro atoms. The fourth-order valence-electron chi connectivity index (χ4n) is 2.46. The van der Waals surface area contributed by atoms with E-state index in [4.69, 9.17) is 10.5 Å². The molecule has 1 aliphatic heterocycles. The molecule has 0 aromatic heterocycles. The second-order valence-electron chi connectivity index (χ2n) is 4.82. The van der Waals surface area contributed by atoms with Gasteiger partial charge in [-0.05, 0) is 25.1 Å². The van der Waals surface area contributed by atoms with Crippen LogP contribution >= 0.6 is 0 Å². The summed E-state index contributed by atoms with van der Waals surface area (Å²) in [4.78, 5) is 13.5. The van der Waals surface area contributed by atoms with E-state index in [-0.39, 0.29) is 12.5 Å². The highest BCUT2D eigenvalue weighted by molar-refractivity contribution is 5.97. The Hall–Kier alpha value is -2.69. The molecule has 0 radical (unpaired) electrons. The zero-order valence-electron chi connectivity index (χ0n) is 11.8. The summed E-state index contributed by atoms with van der Waals surface area (Å²) >= 11 is 0. The number of nitrogens with zero attached hydrogens (tertiary/aromatic N) is 1. The molecule has 1 heterocycles. The molecule has 1 amide bonds. The first-order chi connectivity index (χ1) is 10.2. The maximum absolute atomic E-state index is 11.5. The molecule has 0 atom stereocenters. The Balaban J connectivity index is 2.05. The van der Waals surface area contributed by atoms with Gasteiger partial charge in [0.25, 0.3) is 5.91 Å². The molecule has 2 aromatic carbocycles. The van der Waals surface area contributed by atoms with E-state index in [1.165, 1.54) is 0 Å². The minimum Gasteiger partial charge on any atom is -0.482 e. The number of ether oxygens (including phenoxy) is 1. The second-order valence-corrected chi connectivity index (χ2v) is 4.82. The lowest BCUT2D eigenvalue weighted by molar-refractivity contribution is -0.118. The highest BCUT2D eigenvalue weighted by Gasteiger charge is 2.20. The molecule has 3 rings (SSSR count). The number of rotatable bonds is 3. The number of para-hydroxylation sites is 1. The third kappa shape index (κ3) is 2.50. The van der Waals surface area contributed by atoms with E-state index in [2.05, 4.69) is 17.1 Å². The molecule has 0 fully saturated rings. The van der Waals surface area contributed by atoms with Crippen LogP contribution in [0.1, 0.15) is 6.92 Å². The number of amides is 1. The van der Waals surface area contributed by atoms with Crippen LogP contribution in [0.5, 0.6) is 5.75 Å². The van der Waals surface area contributed by atoms with Crippen LogP contribution in [0, 0.1) is 0 Å². The predicted octanol–water partition coefficient (Wildman–Crippen LogP) is 2.76. The van der Waals surface area contributed by atoms with Gasteiger partial charge < -0.3 is 20.7 Å². The number of nitrogen functional groups attached to an aromatic ring is 1. The van der Waals surface area contributed by atoms with Crippen molar-refractivity contribution in [3.63, 3.8) is 0 Å². The van der Waals surface area contributed by atoms with Gasteiger partial charge in [0, 0.05) is 18.3 Å². The van der Waals surface area contributed by atoms with Crippen molar-refractivity contribution in [2.75, 3.05) is 29.1 Å². The number of hydrogen-bond acceptors (Lipinski definition) is 4. The molecule has 0 unspecified atom stereocenters. The SMILES string of the molecule is CCN(c1ccccc1)c1cc2c(cc1N)OCC(=O)N2. The highest BCUT2D eigenvalue weighted by atomic mass is 16.5. The van der Waals surface area contributed by atoms with Crippen LogP contribution in [0.3, 0.4) is 0 Å². The van der Waals surface area contributed by atoms with Gasteiger partial charge in [0.1, 0.15) is 5.75 Å². The van der Waals surface area contributed by atoms with Gasteiger partial charge in [-0.2, -0.15) is 0 Å². The zero-order valence-corrected chi connectivity index (χ0v) is 11.8. The quantitative estimate of drug-likeness (QED) is 0.850. The molecule has 0 saturated heterocycles. The Morgan fingerprint density at radius 3 is 2.76 bits per heavy atom. The summed E-state index contributed by atoms with van der Waals surface area (Å²) in [6.45, 7) is 2.85. The van der Waals surface area contributed by atoms with Gasteiger partial charge in [0.05, 0.1) is 17.1 Å². The average Bonchev–Trinajstić information content (AvgIpc) is 2.50. The number of nitrogens with two attached hydrogens (primary N) is 1. The number of benzene rings is 2. The first-order valence-electron chi connectivity index (χ1n) is 6.88. The number of fused-ring (bicyclic) bond motifs is 1. The summed E-state index contributed by atoms with van der Waals surface area (Å²) in [6.07, 6.45) is 0. The van der Waals surface area contributed by atoms with E-state index in [9.17, 15) is 4.79 Å². The molecule has 21 heavy (non-hydrogen) atoms. The van der Waals surface area contributed by atoms with Crippen LogP contribution in [0.2, 0.25) is 0 Å². The van der Waals surface area contributed by atoms with E-state index in [0.717, 1.165) is 17.9 Å². The van der Waals surface area contributed by atoms with E-state index in [1.807, 2.05) is 36.4 Å². The molecule has 5 nitrogen and oxygen atoms in total. The van der Waals surface area contributed by atoms with Crippen LogP contribution in [0.15, 0.2) is 42.5 Å². The maximum Gasteiger partial charge on any atom is 0.262 e. The van der Waals surface area contributed by atoms with Crippen LogP contribution in [-0.2, 0) is 4.79 Å². The summed E-state index contributed by atoms with van der Waals surface area (Å²) in [5.74, 6) is 0.459. The summed E-state index contributed by atoms with van der Waals surface area (Å²) in [5.41, 5.74) is 9.34. The van der Waals surface area contributed by atoms with Crippen molar-refractivity contribution in [1.29, 1.82) is 0 Å². The van der Waals surface area contributed by atoms with Crippen molar-refractivity contribution in [2.24, 2.45) is 0 Å². The Kier molecular flexibility index (Phi) is 3.39. The zero-order chi connectivity index (χ0) is 14.8. The normalized spacial score (nSPS) is 13.1. The monoisotopic (exact) mass is 283 g/mol. The van der Waals surface area contributed by atoms with E-state index >= 15 is 0 Å². The number of carbonyl (C=O) groups excluding carboxylic acids is 1. The summed E-state index contributed by atoms with van der Waals surface area (Å²) < 4.78 is 5.38. The fraction of sp³-hybridized carbons (Fsp3) is 0.188. The van der Waals surface area contributed by atoms with Crippen LogP contribution in [0.25, 0.3) is 0 Å². The van der Waals surface area contributed by atoms with Crippen molar-refractivity contribution in [3.8, 4) is 5.75 Å². The predicted molar refractivity (Wildman–Crippen MR) is 84.1 cm³/mol. The molecule has 2 aromatic rings. The summed E-state index contributed by atoms with van der Waals surface area (Å²) in [6, 6.07) is 13.6. The molecular formula is C16H17N3O2. The van der Waals surface area contributed by atoms with Crippen molar-refractivity contribution in [1.82, 2.24) is 0 Å². The van der Waals surface area contributed by atoms with Gasteiger partial charge in [-0.1, -0.05) is 18.2 Å². The smallest absolute Gasteiger partial charge is 0.262 e. The molecule has 3 N–H and O–H groups in total. The standard InChI is InChI=1S/C16H17N3O2/c1-2-19(11-6-4-3-5-7-11)14-9-13-15(8-12(14)17)21-10-16(20)18-13/h3-9H,2,10,17H2,1H3,(H,18,20). The number of carbonyl (C=O) groups is 1. The van der Waals surface area contributed by atoms with Gasteiger partial charge >= 0.3 is 0 Å². The van der Waals surface area contributed by atoms with Crippen molar-refractivity contribution >= 4 is 28.7 Å². The first kappa shape index (κ1) is 13.3. The van der Waals surface area contributed by atoms with Gasteiger partial charge in [-0.25, -0.2) is 0 Å². The van der Waals surface area contributed by atoms with Crippen molar-refractivity contribution < 1.29 is 9.53 Å². The maximum atomic E-state index is 11.5. The van der Waals surface area contributed by atoms with Gasteiger partial charge in [0.15, 0.2) is 6.61 Å². The molecule has 5 heteroatoms. The minimum atomic E-state index is -0.152. The number of nitrogens with one attached hydrogen (secondary N) is 1. The summed E-state index contributed by atoms with van der Waals surface area (Å²) in [7, 11) is 0. The lowest BCUT2D eigenvalue weighted by atomic mass is 10.1. The molecular weight excluding hydrogens is 266 g/mol. The molecule has 0 saturated carbocycles. The molecule has 0 aliphatic carbocycles. The minimum absolute atomic E-state index is 0.0297. The lowest BCUT2D eigenvalue weighted by Gasteiger charge is -2.27. The molecule has 1 aliphatic rings. The van der Waals surface area contributed by atoms with Gasteiger partial charge in [0.2, 0.25) is 0 Å². The average molecular weight is 283 g/mol. The van der Waals surface area contributed by atoms with Crippen molar-refractivity contribution in [2.45, 2.75) is 6.92 Å². The van der Waals surface area contributed by atoms with Crippen molar-refractivity contribution in [3.05, 3.63) is 42.5 Å².